The molecular weight excluding hydrogens is 973 g/mol. The Morgan fingerprint density at radius 3 is 1.26 bits per heavy atom. The average Bonchev–Trinajstić information content (AvgIpc) is 3.32. The van der Waals surface area contributed by atoms with Gasteiger partial charge < -0.3 is 83.8 Å². The number of nitrogens with two attached hydrogens (primary N) is 2. The molecule has 0 saturated carbocycles. The van der Waals surface area contributed by atoms with E-state index < -0.39 is 175 Å². The lowest BCUT2D eigenvalue weighted by molar-refractivity contribution is -0.149. The Hall–Kier alpha value is -7.48. The monoisotopic (exact) mass is 1030 g/mol. The lowest BCUT2D eigenvalue weighted by Gasteiger charge is -2.52. The second kappa shape index (κ2) is 18.8. The van der Waals surface area contributed by atoms with E-state index in [9.17, 15) is 89.4 Å². The number of hydrogen-bond donors (Lipinski definition) is 16. The van der Waals surface area contributed by atoms with E-state index in [-0.39, 0.29) is 74.1 Å². The van der Waals surface area contributed by atoms with Gasteiger partial charge >= 0.3 is 0 Å². The summed E-state index contributed by atoms with van der Waals surface area (Å²) in [6.07, 6.45) is -0.462. The standard InChI is InChI=1S/C50H56N6O18/c1-47(71)19-7-5-9-25(57)29(19)37(61)31-21(47)17-23-35(39(63)33(45(51)69)43(67)49(23,73)41(31)65)55-15-13-53-27(59)11-3-4-12-28(60)54-14-16-56-36-24-18-22-32(38(62)30-20(48(22,2)72)8-6-10-26(30)58)42(66)50(24,74)44(68)34(40(36)64)46(52)70/h5-10,21-24,35-36,55-58,63-66,71-74H,3-4,11-18H2,1-2H3,(H2,51,69)(H2,52,70)(H,53,59)(H,54,60)/t21-,22-,23-,24-,35-,36-,47+,48+,49-,50-/m0/s1. The van der Waals surface area contributed by atoms with Crippen LogP contribution in [0.4, 0.5) is 0 Å². The molecule has 2 aromatic carbocycles. The molecular formula is C50H56N6O18. The van der Waals surface area contributed by atoms with Crippen molar-refractivity contribution in [1.29, 1.82) is 0 Å². The Kier molecular flexibility index (Phi) is 13.4. The van der Waals surface area contributed by atoms with Crippen LogP contribution in [0.15, 0.2) is 81.7 Å². The number of rotatable bonds is 15. The molecule has 394 valence electrons. The molecule has 0 spiro atoms. The second-order valence-corrected chi connectivity index (χ2v) is 19.9. The van der Waals surface area contributed by atoms with Crippen molar-refractivity contribution in [3.63, 3.8) is 0 Å². The number of aliphatic hydroxyl groups is 8. The van der Waals surface area contributed by atoms with Crippen LogP contribution in [0.1, 0.15) is 84.2 Å². The number of hydrogen-bond acceptors (Lipinski definition) is 20. The van der Waals surface area contributed by atoms with E-state index in [4.69, 9.17) is 11.5 Å². The molecule has 8 rings (SSSR count). The molecule has 0 saturated heterocycles. The summed E-state index contributed by atoms with van der Waals surface area (Å²) >= 11 is 0. The van der Waals surface area contributed by atoms with Gasteiger partial charge in [0.2, 0.25) is 23.4 Å². The number of phenolic OH excluding ortho intramolecular Hbond substituents is 2. The fourth-order valence-corrected chi connectivity index (χ4v) is 11.9. The average molecular weight is 1030 g/mol. The fraction of sp³-hybridized carbons (Fsp3) is 0.440. The molecule has 24 heteroatoms. The summed E-state index contributed by atoms with van der Waals surface area (Å²) in [5.41, 5.74) is -2.95. The van der Waals surface area contributed by atoms with Crippen molar-refractivity contribution in [3.05, 3.63) is 104 Å². The number of fused-ring (bicyclic) bond motifs is 6. The predicted molar refractivity (Wildman–Crippen MR) is 252 cm³/mol. The smallest absolute Gasteiger partial charge is 0.255 e. The van der Waals surface area contributed by atoms with Gasteiger partial charge in [0, 0.05) is 73.8 Å². The third kappa shape index (κ3) is 7.90. The Labute approximate surface area is 420 Å². The van der Waals surface area contributed by atoms with Crippen LogP contribution >= 0.6 is 0 Å². The zero-order valence-electron chi connectivity index (χ0n) is 39.9. The van der Waals surface area contributed by atoms with Gasteiger partial charge in [-0.05, 0) is 62.8 Å². The molecule has 0 bridgehead atoms. The molecule has 74 heavy (non-hydrogen) atoms. The number of aromatic hydroxyl groups is 2. The topological polar surface area (TPSA) is 439 Å². The van der Waals surface area contributed by atoms with Crippen molar-refractivity contribution in [2.24, 2.45) is 35.1 Å². The molecule has 6 aliphatic carbocycles. The molecule has 0 aliphatic heterocycles. The summed E-state index contributed by atoms with van der Waals surface area (Å²) in [5, 5.41) is 125. The second-order valence-electron chi connectivity index (χ2n) is 19.9. The Morgan fingerprint density at radius 2 is 0.919 bits per heavy atom. The third-order valence-electron chi connectivity index (χ3n) is 15.7. The maximum Gasteiger partial charge on any atom is 0.255 e. The lowest BCUT2D eigenvalue weighted by atomic mass is 9.55. The van der Waals surface area contributed by atoms with Gasteiger partial charge in [0.25, 0.3) is 11.8 Å². The van der Waals surface area contributed by atoms with Crippen molar-refractivity contribution in [2.45, 2.75) is 86.9 Å². The number of ketones is 4. The molecule has 6 aliphatic rings. The number of nitrogens with one attached hydrogen (secondary N) is 4. The zero-order chi connectivity index (χ0) is 54.3. The van der Waals surface area contributed by atoms with Crippen LogP contribution in [0.25, 0.3) is 0 Å². The maximum absolute atomic E-state index is 13.7. The molecule has 0 heterocycles. The summed E-state index contributed by atoms with van der Waals surface area (Å²) in [4.78, 5) is 105. The SMILES string of the molecule is C[C@@]1(O)c2cccc(O)c2C(=O)C2=C(O)[C@]3(O)C(=O)C(C(N)=O)=C(O)[C@@H](NCCNC(=O)CCCCC(=O)NCCN[C@@H]4C(O)=C(C(N)=O)C(=O)[C@@]5(O)C(O)=C6C(=O)c7c(O)cccc7[C@@](C)(O)[C@H]6C[C@@H]45)[C@@H]3C[C@@H]21. The van der Waals surface area contributed by atoms with Crippen molar-refractivity contribution in [2.75, 3.05) is 26.2 Å². The van der Waals surface area contributed by atoms with Gasteiger partial charge in [-0.2, -0.15) is 0 Å². The number of aliphatic hydroxyl groups excluding tert-OH is 4. The van der Waals surface area contributed by atoms with Crippen LogP contribution in [0.3, 0.4) is 0 Å². The zero-order valence-corrected chi connectivity index (χ0v) is 39.9. The molecule has 24 nitrogen and oxygen atoms in total. The Balaban J connectivity index is 0.839. The van der Waals surface area contributed by atoms with Crippen LogP contribution in [0.5, 0.6) is 11.5 Å². The first kappa shape index (κ1) is 52.8. The number of carbonyl (C=O) groups is 8. The quantitative estimate of drug-likeness (QED) is 0.0708. The van der Waals surface area contributed by atoms with Crippen LogP contribution in [0, 0.1) is 23.7 Å². The number of benzene rings is 2. The van der Waals surface area contributed by atoms with E-state index in [0.717, 1.165) is 0 Å². The van der Waals surface area contributed by atoms with E-state index in [1.54, 1.807) is 0 Å². The maximum atomic E-state index is 13.7. The van der Waals surface area contributed by atoms with Crippen molar-refractivity contribution < 1.29 is 89.4 Å². The van der Waals surface area contributed by atoms with Gasteiger partial charge in [-0.25, -0.2) is 0 Å². The highest BCUT2D eigenvalue weighted by Crippen LogP contribution is 2.58. The number of primary amides is 2. The van der Waals surface area contributed by atoms with Gasteiger partial charge in [0.05, 0.1) is 34.4 Å². The van der Waals surface area contributed by atoms with Crippen LogP contribution in [-0.2, 0) is 40.0 Å². The molecule has 0 radical (unpaired) electrons. The summed E-state index contributed by atoms with van der Waals surface area (Å²) in [6.45, 7) is 2.08. The van der Waals surface area contributed by atoms with E-state index in [1.807, 2.05) is 0 Å². The van der Waals surface area contributed by atoms with Crippen LogP contribution in [-0.4, -0.2) is 147 Å². The summed E-state index contributed by atoms with van der Waals surface area (Å²) in [7, 11) is 0. The highest BCUT2D eigenvalue weighted by Gasteiger charge is 2.67. The minimum Gasteiger partial charge on any atom is -0.510 e. The van der Waals surface area contributed by atoms with Gasteiger partial charge in [-0.1, -0.05) is 24.3 Å². The number of unbranched alkanes of at least 4 members (excludes halogenated alkanes) is 1. The normalized spacial score (nSPS) is 31.2. The molecule has 4 amide bonds. The summed E-state index contributed by atoms with van der Waals surface area (Å²) < 4.78 is 0. The fourth-order valence-electron chi connectivity index (χ4n) is 11.9. The highest BCUT2D eigenvalue weighted by molar-refractivity contribution is 6.26. The van der Waals surface area contributed by atoms with Crippen molar-refractivity contribution >= 4 is 46.8 Å². The van der Waals surface area contributed by atoms with Gasteiger partial charge in [0.1, 0.15) is 45.7 Å². The van der Waals surface area contributed by atoms with Crippen LogP contribution in [0.2, 0.25) is 0 Å². The first-order chi connectivity index (χ1) is 34.7. The molecule has 0 fully saturated rings. The van der Waals surface area contributed by atoms with Crippen molar-refractivity contribution in [1.82, 2.24) is 21.3 Å². The van der Waals surface area contributed by atoms with E-state index in [1.165, 1.54) is 50.2 Å². The molecule has 2 aromatic rings. The van der Waals surface area contributed by atoms with Gasteiger partial charge in [0.15, 0.2) is 22.8 Å². The van der Waals surface area contributed by atoms with E-state index >= 15 is 0 Å². The minimum atomic E-state index is -2.99. The molecule has 0 aromatic heterocycles. The first-order valence-corrected chi connectivity index (χ1v) is 23.7. The molecule has 10 atom stereocenters. The number of carbonyl (C=O) groups excluding carboxylic acids is 8. The van der Waals surface area contributed by atoms with Crippen molar-refractivity contribution in [3.8, 4) is 11.5 Å². The Bertz CT molecular complexity index is 2790. The third-order valence-corrected chi connectivity index (χ3v) is 15.7. The highest BCUT2D eigenvalue weighted by atomic mass is 16.4. The number of phenols is 2. The van der Waals surface area contributed by atoms with E-state index in [2.05, 4.69) is 21.3 Å². The number of amides is 4. The number of Topliss-reactive ketones (excluding diaryl/α,β-unsaturated/α-hetero) is 4. The Morgan fingerprint density at radius 1 is 0.568 bits per heavy atom. The van der Waals surface area contributed by atoms with Gasteiger partial charge in [-0.3, -0.25) is 38.4 Å². The van der Waals surface area contributed by atoms with Crippen LogP contribution < -0.4 is 32.7 Å². The molecule has 0 unspecified atom stereocenters. The largest absolute Gasteiger partial charge is 0.510 e. The lowest BCUT2D eigenvalue weighted by Crippen LogP contribution is -2.65. The molecule has 18 N–H and O–H groups in total. The van der Waals surface area contributed by atoms with Gasteiger partial charge in [-0.15, -0.1) is 0 Å². The predicted octanol–water partition coefficient (Wildman–Crippen LogP) is -1.57. The van der Waals surface area contributed by atoms with E-state index in [0.29, 0.717) is 0 Å². The summed E-state index contributed by atoms with van der Waals surface area (Å²) in [5.74, 6) is -19.5. The minimum absolute atomic E-state index is 0.0153. The first-order valence-electron chi connectivity index (χ1n) is 23.7. The summed E-state index contributed by atoms with van der Waals surface area (Å²) in [6, 6.07) is 4.97.